The van der Waals surface area contributed by atoms with E-state index in [4.69, 9.17) is 9.15 Å². The number of hydrogen-bond acceptors (Lipinski definition) is 5. The van der Waals surface area contributed by atoms with Crippen molar-refractivity contribution < 1.29 is 9.15 Å². The maximum absolute atomic E-state index is 6.03. The number of rotatable bonds is 4. The first-order valence-electron chi connectivity index (χ1n) is 8.73. The fourth-order valence-corrected chi connectivity index (χ4v) is 3.85. The van der Waals surface area contributed by atoms with Crippen molar-refractivity contribution in [2.75, 3.05) is 26.2 Å². The van der Waals surface area contributed by atoms with Crippen LogP contribution in [0, 0.1) is 13.8 Å². The Bertz CT molecular complexity index is 699. The number of likely N-dealkylation sites (tertiary alicyclic amines) is 1. The summed E-state index contributed by atoms with van der Waals surface area (Å²) >= 11 is 0. The normalized spacial score (nSPS) is 25.1. The first kappa shape index (κ1) is 15.8. The van der Waals surface area contributed by atoms with Gasteiger partial charge in [0.2, 0.25) is 0 Å². The van der Waals surface area contributed by atoms with E-state index < -0.39 is 0 Å². The zero-order valence-corrected chi connectivity index (χ0v) is 14.4. The average Bonchev–Trinajstić information content (AvgIpc) is 3.14. The smallest absolute Gasteiger partial charge is 0.118 e. The molecule has 0 bridgehead atoms. The van der Waals surface area contributed by atoms with Crippen molar-refractivity contribution in [1.29, 1.82) is 0 Å². The van der Waals surface area contributed by atoms with Crippen molar-refractivity contribution in [3.05, 3.63) is 53.2 Å². The Kier molecular flexibility index (Phi) is 4.39. The molecule has 2 aliphatic heterocycles. The molecule has 2 aliphatic rings. The maximum Gasteiger partial charge on any atom is 0.118 e. The monoisotopic (exact) mass is 327 g/mol. The number of pyridine rings is 1. The van der Waals surface area contributed by atoms with E-state index in [1.54, 1.807) is 0 Å². The van der Waals surface area contributed by atoms with Gasteiger partial charge in [0.1, 0.15) is 11.5 Å². The molecule has 0 amide bonds. The number of morpholine rings is 1. The standard InChI is InChI=1S/C19H25N3O2/c1-14-4-3-5-16(20-14)10-21-12-18-19(13-21)23-9-8-22(18)11-17-7-6-15(2)24-17/h3-7,18-19H,8-13H2,1-2H3/t18-,19+/m0/s1. The number of ether oxygens (including phenoxy) is 1. The Morgan fingerprint density at radius 2 is 2.04 bits per heavy atom. The summed E-state index contributed by atoms with van der Waals surface area (Å²) in [6, 6.07) is 10.8. The quantitative estimate of drug-likeness (QED) is 0.862. The van der Waals surface area contributed by atoms with Gasteiger partial charge in [0.05, 0.1) is 31.0 Å². The van der Waals surface area contributed by atoms with Crippen LogP contribution in [-0.4, -0.2) is 53.2 Å². The molecule has 0 aliphatic carbocycles. The average molecular weight is 327 g/mol. The van der Waals surface area contributed by atoms with Crippen LogP contribution in [0.5, 0.6) is 0 Å². The minimum Gasteiger partial charge on any atom is -0.465 e. The fourth-order valence-electron chi connectivity index (χ4n) is 3.85. The van der Waals surface area contributed by atoms with E-state index >= 15 is 0 Å². The van der Waals surface area contributed by atoms with E-state index in [0.717, 1.165) is 62.2 Å². The molecule has 0 spiro atoms. The minimum atomic E-state index is 0.291. The van der Waals surface area contributed by atoms with Crippen molar-refractivity contribution in [3.8, 4) is 0 Å². The Hall–Kier alpha value is -1.69. The van der Waals surface area contributed by atoms with Crippen LogP contribution in [0.2, 0.25) is 0 Å². The molecule has 24 heavy (non-hydrogen) atoms. The summed E-state index contributed by atoms with van der Waals surface area (Å²) in [5, 5.41) is 0. The zero-order chi connectivity index (χ0) is 16.5. The minimum absolute atomic E-state index is 0.291. The topological polar surface area (TPSA) is 41.7 Å². The van der Waals surface area contributed by atoms with E-state index in [9.17, 15) is 0 Å². The van der Waals surface area contributed by atoms with Gasteiger partial charge >= 0.3 is 0 Å². The lowest BCUT2D eigenvalue weighted by Gasteiger charge is -2.36. The number of aromatic nitrogens is 1. The molecule has 0 radical (unpaired) electrons. The van der Waals surface area contributed by atoms with Crippen LogP contribution in [0.15, 0.2) is 34.7 Å². The molecule has 2 aromatic rings. The first-order valence-corrected chi connectivity index (χ1v) is 8.73. The molecule has 2 saturated heterocycles. The molecule has 5 nitrogen and oxygen atoms in total. The highest BCUT2D eigenvalue weighted by Crippen LogP contribution is 2.26. The third-order valence-electron chi connectivity index (χ3n) is 4.98. The lowest BCUT2D eigenvalue weighted by Crippen LogP contribution is -2.50. The van der Waals surface area contributed by atoms with Crippen LogP contribution in [0.3, 0.4) is 0 Å². The second kappa shape index (κ2) is 6.67. The van der Waals surface area contributed by atoms with Crippen LogP contribution in [0.1, 0.15) is 22.9 Å². The van der Waals surface area contributed by atoms with Gasteiger partial charge in [0.15, 0.2) is 0 Å². The van der Waals surface area contributed by atoms with E-state index in [1.165, 1.54) is 0 Å². The Morgan fingerprint density at radius 1 is 1.12 bits per heavy atom. The van der Waals surface area contributed by atoms with Crippen LogP contribution >= 0.6 is 0 Å². The van der Waals surface area contributed by atoms with Crippen molar-refractivity contribution in [1.82, 2.24) is 14.8 Å². The third kappa shape index (κ3) is 3.38. The molecule has 2 fully saturated rings. The highest BCUT2D eigenvalue weighted by atomic mass is 16.5. The van der Waals surface area contributed by atoms with Crippen LogP contribution < -0.4 is 0 Å². The maximum atomic E-state index is 6.03. The molecule has 0 unspecified atom stereocenters. The van der Waals surface area contributed by atoms with Gasteiger partial charge < -0.3 is 9.15 Å². The molecular formula is C19H25N3O2. The van der Waals surface area contributed by atoms with Crippen molar-refractivity contribution in [2.45, 2.75) is 39.1 Å². The number of hydrogen-bond donors (Lipinski definition) is 0. The number of nitrogens with zero attached hydrogens (tertiary/aromatic N) is 3. The Labute approximate surface area is 143 Å². The largest absolute Gasteiger partial charge is 0.465 e. The predicted octanol–water partition coefficient (Wildman–Crippen LogP) is 2.38. The summed E-state index contributed by atoms with van der Waals surface area (Å²) < 4.78 is 11.8. The van der Waals surface area contributed by atoms with Gasteiger partial charge in [-0.05, 0) is 38.1 Å². The molecule has 4 rings (SSSR count). The van der Waals surface area contributed by atoms with Crippen LogP contribution in [0.25, 0.3) is 0 Å². The number of furan rings is 1. The van der Waals surface area contributed by atoms with Gasteiger partial charge in [-0.1, -0.05) is 6.07 Å². The second-order valence-corrected chi connectivity index (χ2v) is 6.92. The molecule has 128 valence electrons. The summed E-state index contributed by atoms with van der Waals surface area (Å²) in [7, 11) is 0. The highest BCUT2D eigenvalue weighted by molar-refractivity contribution is 5.11. The predicted molar refractivity (Wildman–Crippen MR) is 91.6 cm³/mol. The zero-order valence-electron chi connectivity index (χ0n) is 14.4. The second-order valence-electron chi connectivity index (χ2n) is 6.92. The van der Waals surface area contributed by atoms with E-state index in [1.807, 2.05) is 26.0 Å². The molecule has 2 atom stereocenters. The van der Waals surface area contributed by atoms with Crippen molar-refractivity contribution in [3.63, 3.8) is 0 Å². The summed E-state index contributed by atoms with van der Waals surface area (Å²) in [6.45, 7) is 9.59. The van der Waals surface area contributed by atoms with Crippen LogP contribution in [0.4, 0.5) is 0 Å². The Balaban J connectivity index is 1.42. The lowest BCUT2D eigenvalue weighted by atomic mass is 10.1. The van der Waals surface area contributed by atoms with Gasteiger partial charge in [-0.2, -0.15) is 0 Å². The molecule has 2 aromatic heterocycles. The molecule has 0 saturated carbocycles. The van der Waals surface area contributed by atoms with Crippen LogP contribution in [-0.2, 0) is 17.8 Å². The van der Waals surface area contributed by atoms with E-state index in [2.05, 4.69) is 33.0 Å². The van der Waals surface area contributed by atoms with Gasteiger partial charge in [0.25, 0.3) is 0 Å². The van der Waals surface area contributed by atoms with E-state index in [-0.39, 0.29) is 0 Å². The highest BCUT2D eigenvalue weighted by Gasteiger charge is 2.40. The number of fused-ring (bicyclic) bond motifs is 1. The molecule has 5 heteroatoms. The van der Waals surface area contributed by atoms with Gasteiger partial charge in [0, 0.05) is 31.9 Å². The van der Waals surface area contributed by atoms with Crippen molar-refractivity contribution >= 4 is 0 Å². The number of aryl methyl sites for hydroxylation is 2. The summed E-state index contributed by atoms with van der Waals surface area (Å²) in [5.41, 5.74) is 2.22. The molecule has 0 aromatic carbocycles. The molecular weight excluding hydrogens is 302 g/mol. The molecule has 0 N–H and O–H groups in total. The van der Waals surface area contributed by atoms with Gasteiger partial charge in [-0.15, -0.1) is 0 Å². The fraction of sp³-hybridized carbons (Fsp3) is 0.526. The van der Waals surface area contributed by atoms with Gasteiger partial charge in [-0.3, -0.25) is 14.8 Å². The third-order valence-corrected chi connectivity index (χ3v) is 4.98. The summed E-state index contributed by atoms with van der Waals surface area (Å²) in [6.07, 6.45) is 0.291. The Morgan fingerprint density at radius 3 is 2.83 bits per heavy atom. The summed E-state index contributed by atoms with van der Waals surface area (Å²) in [4.78, 5) is 9.60. The van der Waals surface area contributed by atoms with Gasteiger partial charge in [-0.25, -0.2) is 0 Å². The summed E-state index contributed by atoms with van der Waals surface area (Å²) in [5.74, 6) is 2.03. The van der Waals surface area contributed by atoms with Crippen molar-refractivity contribution in [2.24, 2.45) is 0 Å². The molecule has 4 heterocycles. The SMILES string of the molecule is Cc1cccc(CN2C[C@H]3OCCN(Cc4ccc(C)o4)[C@H]3C2)n1. The first-order chi connectivity index (χ1) is 11.7. The lowest BCUT2D eigenvalue weighted by molar-refractivity contribution is -0.0523. The van der Waals surface area contributed by atoms with E-state index in [0.29, 0.717) is 12.1 Å².